The zero-order chi connectivity index (χ0) is 37.1. The van der Waals surface area contributed by atoms with Crippen molar-refractivity contribution in [3.05, 3.63) is 109 Å². The van der Waals surface area contributed by atoms with Crippen LogP contribution < -0.4 is 19.4 Å². The van der Waals surface area contributed by atoms with E-state index in [1.54, 1.807) is 9.80 Å². The molecule has 1 unspecified atom stereocenters. The molecule has 13 nitrogen and oxygen atoms in total. The molecule has 3 saturated heterocycles. The van der Waals surface area contributed by atoms with Crippen molar-refractivity contribution in [3.8, 4) is 5.75 Å². The Morgan fingerprint density at radius 3 is 2.26 bits per heavy atom. The van der Waals surface area contributed by atoms with E-state index >= 15 is 0 Å². The standard InChI is InChI=1S/C38H41F2N7O6/c1-4-35(48)52-34-20-46(37(49)47(34)26(2)3)30-8-6-28(7-9-30)43-15-17-44(18-16-43)29-10-12-31(13-11-29)50-21-36-51-23-38(53-36,22-45-25-41-24-42-45)32-14-5-27(39)19-33(32)40/h4-14,19,24-26,34,36H,1,15-18,20-23H2,2-3H3/t34?,36-,38+/m0/s1. The Labute approximate surface area is 305 Å². The number of piperazine rings is 1. The van der Waals surface area contributed by atoms with Crippen LogP contribution in [0.1, 0.15) is 19.4 Å². The molecule has 7 rings (SSSR count). The lowest BCUT2D eigenvalue weighted by molar-refractivity contribution is -0.148. The second-order valence-electron chi connectivity index (χ2n) is 13.4. The van der Waals surface area contributed by atoms with Crippen molar-refractivity contribution < 1.29 is 37.3 Å². The monoisotopic (exact) mass is 729 g/mol. The number of hydrogen-bond acceptors (Lipinski definition) is 10. The lowest BCUT2D eigenvalue weighted by Crippen LogP contribution is -2.46. The highest BCUT2D eigenvalue weighted by Gasteiger charge is 2.46. The Kier molecular flexibility index (Phi) is 10.3. The number of hydrogen-bond donors (Lipinski definition) is 0. The summed E-state index contributed by atoms with van der Waals surface area (Å²) in [5.41, 5.74) is 1.78. The minimum atomic E-state index is -1.25. The quantitative estimate of drug-likeness (QED) is 0.147. The minimum Gasteiger partial charge on any atom is -0.488 e. The molecule has 278 valence electrons. The van der Waals surface area contributed by atoms with E-state index in [1.165, 1.54) is 29.5 Å². The van der Waals surface area contributed by atoms with Crippen LogP contribution in [-0.2, 0) is 31.2 Å². The third-order valence-electron chi connectivity index (χ3n) is 9.64. The number of benzene rings is 3. The molecule has 3 aliphatic rings. The summed E-state index contributed by atoms with van der Waals surface area (Å²) in [6.45, 7) is 10.9. The molecule has 0 radical (unpaired) electrons. The molecule has 4 aromatic rings. The fourth-order valence-corrected chi connectivity index (χ4v) is 6.99. The van der Waals surface area contributed by atoms with Gasteiger partial charge in [-0.3, -0.25) is 9.80 Å². The normalized spacial score (nSPS) is 21.8. The van der Waals surface area contributed by atoms with E-state index in [0.29, 0.717) is 5.75 Å². The molecule has 0 spiro atoms. The van der Waals surface area contributed by atoms with Crippen molar-refractivity contribution in [2.75, 3.05) is 60.6 Å². The maximum Gasteiger partial charge on any atom is 0.332 e. The summed E-state index contributed by atoms with van der Waals surface area (Å²) in [6.07, 6.45) is 2.49. The summed E-state index contributed by atoms with van der Waals surface area (Å²) in [5, 5.41) is 4.13. The highest BCUT2D eigenvalue weighted by Crippen LogP contribution is 2.37. The molecule has 0 bridgehead atoms. The van der Waals surface area contributed by atoms with Crippen molar-refractivity contribution >= 4 is 29.1 Å². The van der Waals surface area contributed by atoms with E-state index in [4.69, 9.17) is 18.9 Å². The smallest absolute Gasteiger partial charge is 0.332 e. The van der Waals surface area contributed by atoms with Crippen LogP contribution in [0.2, 0.25) is 0 Å². The van der Waals surface area contributed by atoms with Gasteiger partial charge in [-0.2, -0.15) is 5.10 Å². The predicted octanol–water partition coefficient (Wildman–Crippen LogP) is 4.94. The van der Waals surface area contributed by atoms with Crippen LogP contribution in [0.5, 0.6) is 5.75 Å². The Bertz CT molecular complexity index is 1900. The Balaban J connectivity index is 0.913. The molecule has 2 amide bonds. The summed E-state index contributed by atoms with van der Waals surface area (Å²) in [5.74, 6) is -1.35. The molecule has 0 aliphatic carbocycles. The zero-order valence-electron chi connectivity index (χ0n) is 29.5. The molecule has 3 fully saturated rings. The average Bonchev–Trinajstić information content (AvgIpc) is 3.91. The van der Waals surface area contributed by atoms with Crippen LogP contribution in [0.3, 0.4) is 0 Å². The van der Waals surface area contributed by atoms with Gasteiger partial charge in [-0.25, -0.2) is 28.0 Å². The van der Waals surface area contributed by atoms with E-state index < -0.39 is 35.7 Å². The minimum absolute atomic E-state index is 0.0170. The van der Waals surface area contributed by atoms with Crippen molar-refractivity contribution in [2.45, 2.75) is 44.6 Å². The Morgan fingerprint density at radius 1 is 1.00 bits per heavy atom. The maximum atomic E-state index is 14.9. The number of nitrogens with zero attached hydrogens (tertiary/aromatic N) is 7. The number of carbonyl (C=O) groups is 2. The highest BCUT2D eigenvalue weighted by molar-refractivity contribution is 5.95. The summed E-state index contributed by atoms with van der Waals surface area (Å²) < 4.78 is 53.7. The first-order valence-electron chi connectivity index (χ1n) is 17.5. The Morgan fingerprint density at radius 2 is 1.66 bits per heavy atom. The van der Waals surface area contributed by atoms with Crippen LogP contribution in [0.15, 0.2) is 92.0 Å². The van der Waals surface area contributed by atoms with Crippen molar-refractivity contribution in [1.82, 2.24) is 19.7 Å². The van der Waals surface area contributed by atoms with Gasteiger partial charge in [0, 0.05) is 67.0 Å². The number of urea groups is 1. The second-order valence-corrected chi connectivity index (χ2v) is 13.4. The van der Waals surface area contributed by atoms with Gasteiger partial charge in [0.05, 0.1) is 19.7 Å². The first-order valence-corrected chi connectivity index (χ1v) is 17.5. The summed E-state index contributed by atoms with van der Waals surface area (Å²) in [7, 11) is 0. The molecule has 15 heteroatoms. The average molecular weight is 730 g/mol. The van der Waals surface area contributed by atoms with E-state index in [9.17, 15) is 18.4 Å². The number of amides is 2. The van der Waals surface area contributed by atoms with Gasteiger partial charge < -0.3 is 28.7 Å². The fourth-order valence-electron chi connectivity index (χ4n) is 6.99. The van der Waals surface area contributed by atoms with Gasteiger partial charge in [0.15, 0.2) is 12.5 Å². The van der Waals surface area contributed by atoms with Gasteiger partial charge in [-0.1, -0.05) is 12.6 Å². The predicted molar refractivity (Wildman–Crippen MR) is 191 cm³/mol. The van der Waals surface area contributed by atoms with Crippen molar-refractivity contribution in [3.63, 3.8) is 0 Å². The third kappa shape index (κ3) is 7.66. The molecule has 3 aliphatic heterocycles. The maximum absolute atomic E-state index is 14.9. The molecule has 0 N–H and O–H groups in total. The number of ether oxygens (including phenoxy) is 4. The largest absolute Gasteiger partial charge is 0.488 e. The lowest BCUT2D eigenvalue weighted by Gasteiger charge is -2.37. The van der Waals surface area contributed by atoms with E-state index in [0.717, 1.165) is 55.4 Å². The van der Waals surface area contributed by atoms with Crippen LogP contribution in [-0.4, -0.2) is 96.2 Å². The molecule has 3 aromatic carbocycles. The van der Waals surface area contributed by atoms with E-state index in [-0.39, 0.29) is 43.9 Å². The van der Waals surface area contributed by atoms with Crippen molar-refractivity contribution in [2.24, 2.45) is 0 Å². The molecular weight excluding hydrogens is 688 g/mol. The number of halogens is 2. The van der Waals surface area contributed by atoms with Gasteiger partial charge >= 0.3 is 12.0 Å². The van der Waals surface area contributed by atoms with E-state index in [2.05, 4.69) is 26.5 Å². The third-order valence-corrected chi connectivity index (χ3v) is 9.64. The van der Waals surface area contributed by atoms with Crippen molar-refractivity contribution in [1.29, 1.82) is 0 Å². The fraction of sp³-hybridized carbons (Fsp3) is 0.368. The molecule has 0 saturated carbocycles. The first kappa shape index (κ1) is 35.8. The SMILES string of the molecule is C=CC(=O)OC1CN(c2ccc(N3CCN(c4ccc(OC[C@H]5OC[C@](Cn6cncn6)(c6ccc(F)cc6F)O5)cc4)CC3)cc2)C(=O)N1C(C)C. The Hall–Kier alpha value is -5.54. The molecular formula is C38H41F2N7O6. The first-order chi connectivity index (χ1) is 25.6. The molecule has 3 atom stereocenters. The number of aromatic nitrogens is 3. The van der Waals surface area contributed by atoms with Gasteiger partial charge in [0.25, 0.3) is 0 Å². The molecule has 4 heterocycles. The summed E-state index contributed by atoms with van der Waals surface area (Å²) in [6, 6.07) is 18.7. The highest BCUT2D eigenvalue weighted by atomic mass is 19.1. The second kappa shape index (κ2) is 15.2. The topological polar surface area (TPSA) is 115 Å². The van der Waals surface area contributed by atoms with Gasteiger partial charge in [-0.05, 0) is 68.4 Å². The van der Waals surface area contributed by atoms with Crippen LogP contribution in [0.4, 0.5) is 30.6 Å². The van der Waals surface area contributed by atoms with Crippen LogP contribution in [0, 0.1) is 11.6 Å². The number of carbonyl (C=O) groups excluding carboxylic acids is 2. The van der Waals surface area contributed by atoms with E-state index in [1.807, 2.05) is 62.4 Å². The van der Waals surface area contributed by atoms with Gasteiger partial charge in [0.2, 0.25) is 0 Å². The molecule has 1 aromatic heterocycles. The van der Waals surface area contributed by atoms with Gasteiger partial charge in [-0.15, -0.1) is 0 Å². The number of rotatable bonds is 12. The number of anilines is 3. The molecule has 53 heavy (non-hydrogen) atoms. The summed E-state index contributed by atoms with van der Waals surface area (Å²) in [4.78, 5) is 36.9. The summed E-state index contributed by atoms with van der Waals surface area (Å²) >= 11 is 0. The van der Waals surface area contributed by atoms with Crippen LogP contribution in [0.25, 0.3) is 0 Å². The van der Waals surface area contributed by atoms with Crippen LogP contribution >= 0.6 is 0 Å². The van der Waals surface area contributed by atoms with Gasteiger partial charge in [0.1, 0.15) is 42.2 Å². The lowest BCUT2D eigenvalue weighted by atomic mass is 9.94. The zero-order valence-corrected chi connectivity index (χ0v) is 29.5. The number of esters is 1.